The van der Waals surface area contributed by atoms with Crippen LogP contribution in [0.5, 0.6) is 0 Å². The highest BCUT2D eigenvalue weighted by Gasteiger charge is 2.22. The summed E-state index contributed by atoms with van der Waals surface area (Å²) in [6, 6.07) is 0. The second kappa shape index (κ2) is 5.41. The molecule has 5 heteroatoms. The van der Waals surface area contributed by atoms with Gasteiger partial charge >= 0.3 is 0 Å². The highest BCUT2D eigenvalue weighted by Crippen LogP contribution is 2.26. The molecule has 2 heterocycles. The highest BCUT2D eigenvalue weighted by atomic mass is 16.5. The fourth-order valence-electron chi connectivity index (χ4n) is 2.19. The van der Waals surface area contributed by atoms with Gasteiger partial charge in [-0.25, -0.2) is 0 Å². The first kappa shape index (κ1) is 11.5. The summed E-state index contributed by atoms with van der Waals surface area (Å²) in [5.41, 5.74) is 0. The number of ether oxygens (including phenoxy) is 1. The molecule has 1 N–H and O–H groups in total. The van der Waals surface area contributed by atoms with Gasteiger partial charge in [0.15, 0.2) is 5.82 Å². The van der Waals surface area contributed by atoms with Crippen LogP contribution < -0.4 is 0 Å². The zero-order chi connectivity index (χ0) is 11.4. The van der Waals surface area contributed by atoms with Gasteiger partial charge in [-0.1, -0.05) is 6.92 Å². The van der Waals surface area contributed by atoms with Crippen LogP contribution in [0.1, 0.15) is 43.8 Å². The second-order valence-corrected chi connectivity index (χ2v) is 4.17. The van der Waals surface area contributed by atoms with Crippen LogP contribution in [-0.2, 0) is 17.9 Å². The van der Waals surface area contributed by atoms with Crippen molar-refractivity contribution in [3.05, 3.63) is 11.6 Å². The Balaban J connectivity index is 2.20. The van der Waals surface area contributed by atoms with Gasteiger partial charge in [-0.05, 0) is 19.3 Å². The van der Waals surface area contributed by atoms with Gasteiger partial charge in [0.05, 0.1) is 0 Å². The molecule has 0 bridgehead atoms. The first-order valence-electron chi connectivity index (χ1n) is 5.97. The molecule has 90 valence electrons. The van der Waals surface area contributed by atoms with Crippen molar-refractivity contribution in [1.82, 2.24) is 14.8 Å². The SMILES string of the molecule is CCCn1c(CO)nnc1C1CCOCC1. The van der Waals surface area contributed by atoms with Gasteiger partial charge in [-0.3, -0.25) is 0 Å². The van der Waals surface area contributed by atoms with E-state index in [1.54, 1.807) is 0 Å². The Kier molecular flexibility index (Phi) is 3.90. The summed E-state index contributed by atoms with van der Waals surface area (Å²) >= 11 is 0. The second-order valence-electron chi connectivity index (χ2n) is 4.17. The Labute approximate surface area is 95.4 Å². The highest BCUT2D eigenvalue weighted by molar-refractivity contribution is 5.02. The van der Waals surface area contributed by atoms with Crippen molar-refractivity contribution in [2.45, 2.75) is 45.3 Å². The van der Waals surface area contributed by atoms with Crippen molar-refractivity contribution in [2.75, 3.05) is 13.2 Å². The van der Waals surface area contributed by atoms with E-state index in [1.807, 2.05) is 0 Å². The number of hydrogen-bond acceptors (Lipinski definition) is 4. The van der Waals surface area contributed by atoms with Crippen molar-refractivity contribution < 1.29 is 9.84 Å². The van der Waals surface area contributed by atoms with Crippen molar-refractivity contribution in [3.63, 3.8) is 0 Å². The molecule has 0 aliphatic carbocycles. The monoisotopic (exact) mass is 225 g/mol. The minimum Gasteiger partial charge on any atom is -0.388 e. The van der Waals surface area contributed by atoms with E-state index in [0.29, 0.717) is 11.7 Å². The molecule has 2 rings (SSSR count). The van der Waals surface area contributed by atoms with Gasteiger partial charge in [-0.15, -0.1) is 10.2 Å². The van der Waals surface area contributed by atoms with Gasteiger partial charge in [-0.2, -0.15) is 0 Å². The van der Waals surface area contributed by atoms with E-state index in [0.717, 1.165) is 44.8 Å². The number of nitrogens with zero attached hydrogens (tertiary/aromatic N) is 3. The van der Waals surface area contributed by atoms with Crippen LogP contribution in [0.3, 0.4) is 0 Å². The van der Waals surface area contributed by atoms with Crippen LogP contribution >= 0.6 is 0 Å². The normalized spacial score (nSPS) is 17.9. The molecule has 5 nitrogen and oxygen atoms in total. The summed E-state index contributed by atoms with van der Waals surface area (Å²) in [5, 5.41) is 17.5. The van der Waals surface area contributed by atoms with E-state index in [1.165, 1.54) is 0 Å². The van der Waals surface area contributed by atoms with Crippen molar-refractivity contribution in [3.8, 4) is 0 Å². The fraction of sp³-hybridized carbons (Fsp3) is 0.818. The average Bonchev–Trinajstić information content (AvgIpc) is 2.74. The molecule has 0 saturated carbocycles. The molecule has 0 aromatic carbocycles. The quantitative estimate of drug-likeness (QED) is 0.832. The first-order valence-corrected chi connectivity index (χ1v) is 5.97. The molecule has 0 radical (unpaired) electrons. The topological polar surface area (TPSA) is 60.2 Å². The minimum atomic E-state index is -0.0315. The molecule has 16 heavy (non-hydrogen) atoms. The molecule has 0 unspecified atom stereocenters. The van der Waals surface area contributed by atoms with E-state index in [2.05, 4.69) is 21.7 Å². The molecular weight excluding hydrogens is 206 g/mol. The number of aliphatic hydroxyl groups excluding tert-OH is 1. The maximum atomic E-state index is 9.21. The van der Waals surface area contributed by atoms with Crippen LogP contribution in [0.25, 0.3) is 0 Å². The number of rotatable bonds is 4. The third kappa shape index (κ3) is 2.25. The molecule has 0 atom stereocenters. The van der Waals surface area contributed by atoms with Gasteiger partial charge in [0.2, 0.25) is 0 Å². The van der Waals surface area contributed by atoms with E-state index in [-0.39, 0.29) is 6.61 Å². The van der Waals surface area contributed by atoms with Crippen LogP contribution in [0.4, 0.5) is 0 Å². The Bertz CT molecular complexity index is 332. The Morgan fingerprint density at radius 3 is 2.75 bits per heavy atom. The van der Waals surface area contributed by atoms with Crippen molar-refractivity contribution in [2.24, 2.45) is 0 Å². The van der Waals surface area contributed by atoms with Gasteiger partial charge in [0.1, 0.15) is 12.4 Å². The third-order valence-electron chi connectivity index (χ3n) is 3.03. The summed E-state index contributed by atoms with van der Waals surface area (Å²) in [7, 11) is 0. The molecule has 1 aliphatic heterocycles. The number of aromatic nitrogens is 3. The maximum absolute atomic E-state index is 9.21. The Morgan fingerprint density at radius 1 is 1.38 bits per heavy atom. The minimum absolute atomic E-state index is 0.0315. The van der Waals surface area contributed by atoms with Crippen LogP contribution in [0, 0.1) is 0 Å². The van der Waals surface area contributed by atoms with E-state index >= 15 is 0 Å². The summed E-state index contributed by atoms with van der Waals surface area (Å²) in [5.74, 6) is 2.14. The summed E-state index contributed by atoms with van der Waals surface area (Å²) < 4.78 is 7.41. The Hall–Kier alpha value is -0.940. The van der Waals surface area contributed by atoms with Crippen LogP contribution in [0.15, 0.2) is 0 Å². The summed E-state index contributed by atoms with van der Waals surface area (Å²) in [6.07, 6.45) is 3.04. The molecule has 0 spiro atoms. The predicted molar refractivity (Wildman–Crippen MR) is 59.0 cm³/mol. The number of hydrogen-bond donors (Lipinski definition) is 1. The van der Waals surface area contributed by atoms with Crippen LogP contribution in [0.2, 0.25) is 0 Å². The Morgan fingerprint density at radius 2 is 2.12 bits per heavy atom. The maximum Gasteiger partial charge on any atom is 0.158 e. The van der Waals surface area contributed by atoms with E-state index < -0.39 is 0 Å². The van der Waals surface area contributed by atoms with Crippen molar-refractivity contribution in [1.29, 1.82) is 0 Å². The summed E-state index contributed by atoms with van der Waals surface area (Å²) in [6.45, 7) is 4.58. The molecule has 1 saturated heterocycles. The summed E-state index contributed by atoms with van der Waals surface area (Å²) in [4.78, 5) is 0. The largest absolute Gasteiger partial charge is 0.388 e. The third-order valence-corrected chi connectivity index (χ3v) is 3.03. The smallest absolute Gasteiger partial charge is 0.158 e. The number of aliphatic hydroxyl groups is 1. The molecular formula is C11H19N3O2. The molecule has 0 amide bonds. The first-order chi connectivity index (χ1) is 7.86. The lowest BCUT2D eigenvalue weighted by molar-refractivity contribution is 0.0826. The lowest BCUT2D eigenvalue weighted by Gasteiger charge is -2.22. The lowest BCUT2D eigenvalue weighted by Crippen LogP contribution is -2.19. The fourth-order valence-corrected chi connectivity index (χ4v) is 2.19. The molecule has 1 aromatic rings. The molecule has 1 aromatic heterocycles. The van der Waals surface area contributed by atoms with Gasteiger partial charge in [0.25, 0.3) is 0 Å². The van der Waals surface area contributed by atoms with Crippen molar-refractivity contribution >= 4 is 0 Å². The standard InChI is InChI=1S/C11H19N3O2/c1-2-5-14-10(8-15)12-13-11(14)9-3-6-16-7-4-9/h9,15H,2-8H2,1H3. The zero-order valence-electron chi connectivity index (χ0n) is 9.72. The molecule has 1 fully saturated rings. The lowest BCUT2D eigenvalue weighted by atomic mass is 9.99. The van der Waals surface area contributed by atoms with Gasteiger partial charge < -0.3 is 14.4 Å². The van der Waals surface area contributed by atoms with Crippen LogP contribution in [-0.4, -0.2) is 33.1 Å². The van der Waals surface area contributed by atoms with E-state index in [4.69, 9.17) is 4.74 Å². The van der Waals surface area contributed by atoms with E-state index in [9.17, 15) is 5.11 Å². The molecule has 1 aliphatic rings. The zero-order valence-corrected chi connectivity index (χ0v) is 9.72. The van der Waals surface area contributed by atoms with Gasteiger partial charge in [0, 0.05) is 25.7 Å². The predicted octanol–water partition coefficient (Wildman–Crippen LogP) is 1.07. The average molecular weight is 225 g/mol.